The normalized spacial score (nSPS) is 19.4. The molecular weight excluding hydrogens is 292 g/mol. The Bertz CT molecular complexity index is 521. The lowest BCUT2D eigenvalue weighted by Crippen LogP contribution is -2.42. The highest BCUT2D eigenvalue weighted by Crippen LogP contribution is 2.15. The Morgan fingerprint density at radius 2 is 2.22 bits per heavy atom. The fourth-order valence-corrected chi connectivity index (χ4v) is 3.13. The summed E-state index contributed by atoms with van der Waals surface area (Å²) in [5.41, 5.74) is 3.41. The minimum atomic E-state index is -0.104. The molecule has 1 fully saturated rings. The fourth-order valence-electron chi connectivity index (χ4n) is 3.13. The number of nitrogens with one attached hydrogen (secondary N) is 2. The maximum atomic E-state index is 12.0. The van der Waals surface area contributed by atoms with E-state index in [9.17, 15) is 4.79 Å². The maximum absolute atomic E-state index is 12.0. The number of amides is 2. The van der Waals surface area contributed by atoms with E-state index in [0.29, 0.717) is 12.6 Å². The average Bonchev–Trinajstić information content (AvgIpc) is 2.74. The number of aryl methyl sites for hydroxylation is 2. The van der Waals surface area contributed by atoms with E-state index in [2.05, 4.69) is 22.7 Å². The summed E-state index contributed by atoms with van der Waals surface area (Å²) in [5.74, 6) is 0. The number of rotatable bonds is 6. The number of carbonyl (C=O) groups is 1. The van der Waals surface area contributed by atoms with Crippen LogP contribution in [0.15, 0.2) is 0 Å². The Labute approximate surface area is 139 Å². The summed E-state index contributed by atoms with van der Waals surface area (Å²) in [4.78, 5) is 12.0. The number of nitrogens with zero attached hydrogens (tertiary/aromatic N) is 2. The topological polar surface area (TPSA) is 68.2 Å². The van der Waals surface area contributed by atoms with Gasteiger partial charge >= 0.3 is 6.03 Å². The predicted octanol–water partition coefficient (Wildman–Crippen LogP) is 2.23. The molecule has 0 bridgehead atoms. The van der Waals surface area contributed by atoms with Crippen LogP contribution in [0.3, 0.4) is 0 Å². The van der Waals surface area contributed by atoms with Crippen LogP contribution in [0.5, 0.6) is 0 Å². The van der Waals surface area contributed by atoms with Crippen molar-refractivity contribution in [1.29, 1.82) is 0 Å². The summed E-state index contributed by atoms with van der Waals surface area (Å²) < 4.78 is 7.56. The number of hydrogen-bond donors (Lipinski definition) is 2. The molecule has 2 unspecified atom stereocenters. The van der Waals surface area contributed by atoms with Gasteiger partial charge in [-0.3, -0.25) is 4.68 Å². The van der Waals surface area contributed by atoms with Crippen molar-refractivity contribution in [2.45, 2.75) is 65.0 Å². The van der Waals surface area contributed by atoms with Crippen LogP contribution in [0.1, 0.15) is 49.6 Å². The van der Waals surface area contributed by atoms with Crippen LogP contribution in [0, 0.1) is 13.8 Å². The summed E-state index contributed by atoms with van der Waals surface area (Å²) in [5, 5.41) is 10.4. The van der Waals surface area contributed by atoms with Gasteiger partial charge in [0.1, 0.15) is 0 Å². The lowest BCUT2D eigenvalue weighted by molar-refractivity contribution is 0.0120. The van der Waals surface area contributed by atoms with Gasteiger partial charge in [-0.05, 0) is 58.4 Å². The molecule has 1 saturated heterocycles. The third kappa shape index (κ3) is 5.23. The molecule has 1 aromatic rings. The minimum Gasteiger partial charge on any atom is -0.378 e. The van der Waals surface area contributed by atoms with Gasteiger partial charge in [0.25, 0.3) is 0 Å². The van der Waals surface area contributed by atoms with Crippen molar-refractivity contribution in [2.75, 3.05) is 13.2 Å². The number of hydrogen-bond acceptors (Lipinski definition) is 3. The second-order valence-corrected chi connectivity index (χ2v) is 6.56. The third-order valence-electron chi connectivity index (χ3n) is 4.57. The van der Waals surface area contributed by atoms with Gasteiger partial charge in [0.05, 0.1) is 11.8 Å². The van der Waals surface area contributed by atoms with Gasteiger partial charge in [0.2, 0.25) is 0 Å². The van der Waals surface area contributed by atoms with Gasteiger partial charge in [-0.2, -0.15) is 5.10 Å². The van der Waals surface area contributed by atoms with Gasteiger partial charge in [-0.1, -0.05) is 0 Å². The Morgan fingerprint density at radius 1 is 1.43 bits per heavy atom. The van der Waals surface area contributed by atoms with Crippen molar-refractivity contribution >= 4 is 6.03 Å². The number of ether oxygens (including phenoxy) is 1. The molecular formula is C17H30N4O2. The van der Waals surface area contributed by atoms with Crippen LogP contribution in [0.2, 0.25) is 0 Å². The van der Waals surface area contributed by atoms with E-state index in [1.807, 2.05) is 25.6 Å². The molecule has 2 atom stereocenters. The van der Waals surface area contributed by atoms with Crippen LogP contribution in [-0.2, 0) is 18.2 Å². The molecule has 130 valence electrons. The maximum Gasteiger partial charge on any atom is 0.315 e. The molecule has 0 aliphatic carbocycles. The van der Waals surface area contributed by atoms with Crippen LogP contribution >= 0.6 is 0 Å². The van der Waals surface area contributed by atoms with Crippen molar-refractivity contribution < 1.29 is 9.53 Å². The largest absolute Gasteiger partial charge is 0.378 e. The molecule has 0 spiro atoms. The lowest BCUT2D eigenvalue weighted by atomic mass is 10.1. The molecule has 2 rings (SSSR count). The van der Waals surface area contributed by atoms with Crippen LogP contribution in [-0.4, -0.2) is 41.1 Å². The molecule has 2 heterocycles. The first-order valence-electron chi connectivity index (χ1n) is 8.62. The molecule has 2 N–H and O–H groups in total. The number of urea groups is 1. The van der Waals surface area contributed by atoms with Gasteiger partial charge in [-0.25, -0.2) is 4.79 Å². The zero-order chi connectivity index (χ0) is 16.8. The first-order chi connectivity index (χ1) is 11.0. The second-order valence-electron chi connectivity index (χ2n) is 6.56. The fraction of sp³-hybridized carbons (Fsp3) is 0.765. The molecule has 1 aromatic heterocycles. The molecule has 1 aliphatic heterocycles. The van der Waals surface area contributed by atoms with E-state index in [0.717, 1.165) is 43.7 Å². The summed E-state index contributed by atoms with van der Waals surface area (Å²) >= 11 is 0. The average molecular weight is 322 g/mol. The predicted molar refractivity (Wildman–Crippen MR) is 90.6 cm³/mol. The minimum absolute atomic E-state index is 0.0718. The molecule has 0 aromatic carbocycles. The molecule has 23 heavy (non-hydrogen) atoms. The smallest absolute Gasteiger partial charge is 0.315 e. The van der Waals surface area contributed by atoms with Crippen LogP contribution in [0.4, 0.5) is 4.79 Å². The Kier molecular flexibility index (Phi) is 6.45. The highest BCUT2D eigenvalue weighted by atomic mass is 16.5. The zero-order valence-electron chi connectivity index (χ0n) is 14.8. The van der Waals surface area contributed by atoms with Gasteiger partial charge in [0, 0.05) is 31.9 Å². The molecule has 1 aliphatic rings. The highest BCUT2D eigenvalue weighted by Gasteiger charge is 2.16. The van der Waals surface area contributed by atoms with Crippen molar-refractivity contribution in [2.24, 2.45) is 7.05 Å². The molecule has 6 nitrogen and oxygen atoms in total. The summed E-state index contributed by atoms with van der Waals surface area (Å²) in [6.07, 6.45) is 5.50. The van der Waals surface area contributed by atoms with Crippen LogP contribution in [0.25, 0.3) is 0 Å². The zero-order valence-corrected chi connectivity index (χ0v) is 14.8. The summed E-state index contributed by atoms with van der Waals surface area (Å²) in [6, 6.07) is -0.0324. The van der Waals surface area contributed by atoms with E-state index in [1.165, 1.54) is 12.0 Å². The second kappa shape index (κ2) is 8.34. The molecule has 2 amide bonds. The SMILES string of the molecule is Cc1nn(C)c(C)c1CC(C)NC(=O)NCCC1CCCCO1. The van der Waals surface area contributed by atoms with Crippen molar-refractivity contribution in [3.63, 3.8) is 0 Å². The van der Waals surface area contributed by atoms with Gasteiger partial charge in [-0.15, -0.1) is 0 Å². The van der Waals surface area contributed by atoms with E-state index < -0.39 is 0 Å². The Hall–Kier alpha value is -1.56. The Balaban J connectivity index is 1.69. The third-order valence-corrected chi connectivity index (χ3v) is 4.57. The molecule has 0 saturated carbocycles. The van der Waals surface area contributed by atoms with Gasteiger partial charge in [0.15, 0.2) is 0 Å². The quantitative estimate of drug-likeness (QED) is 0.844. The monoisotopic (exact) mass is 322 g/mol. The van der Waals surface area contributed by atoms with Crippen molar-refractivity contribution in [3.8, 4) is 0 Å². The van der Waals surface area contributed by atoms with Crippen molar-refractivity contribution in [3.05, 3.63) is 17.0 Å². The van der Waals surface area contributed by atoms with E-state index in [-0.39, 0.29) is 12.1 Å². The number of carbonyl (C=O) groups excluding carboxylic acids is 1. The van der Waals surface area contributed by atoms with E-state index in [4.69, 9.17) is 4.74 Å². The first kappa shape index (κ1) is 17.8. The standard InChI is InChI=1S/C17H30N4O2/c1-12(11-16-13(2)20-21(4)14(16)3)19-17(22)18-9-8-15-7-5-6-10-23-15/h12,15H,5-11H2,1-4H3,(H2,18,19,22). The van der Waals surface area contributed by atoms with E-state index in [1.54, 1.807) is 0 Å². The Morgan fingerprint density at radius 3 is 2.83 bits per heavy atom. The van der Waals surface area contributed by atoms with Crippen LogP contribution < -0.4 is 10.6 Å². The summed E-state index contributed by atoms with van der Waals surface area (Å²) in [6.45, 7) is 7.62. The lowest BCUT2D eigenvalue weighted by Gasteiger charge is -2.22. The molecule has 6 heteroatoms. The van der Waals surface area contributed by atoms with E-state index >= 15 is 0 Å². The molecule has 0 radical (unpaired) electrons. The first-order valence-corrected chi connectivity index (χ1v) is 8.62. The summed E-state index contributed by atoms with van der Waals surface area (Å²) in [7, 11) is 1.95. The highest BCUT2D eigenvalue weighted by molar-refractivity contribution is 5.74. The van der Waals surface area contributed by atoms with Crippen molar-refractivity contribution in [1.82, 2.24) is 20.4 Å². The van der Waals surface area contributed by atoms with Gasteiger partial charge < -0.3 is 15.4 Å². The number of aromatic nitrogens is 2.